The van der Waals surface area contributed by atoms with E-state index in [9.17, 15) is 9.59 Å². The van der Waals surface area contributed by atoms with Crippen molar-refractivity contribution in [3.8, 4) is 0 Å². The van der Waals surface area contributed by atoms with Gasteiger partial charge in [-0.1, -0.05) is 32.0 Å². The normalized spacial score (nSPS) is 10.5. The van der Waals surface area contributed by atoms with Crippen molar-refractivity contribution in [2.75, 3.05) is 19.7 Å². The van der Waals surface area contributed by atoms with Gasteiger partial charge >= 0.3 is 5.97 Å². The number of hydrogen-bond donors (Lipinski definition) is 0. The molecular formula is C17H25NO3. The lowest BCUT2D eigenvalue weighted by molar-refractivity contribution is -0.143. The van der Waals surface area contributed by atoms with Crippen molar-refractivity contribution in [1.29, 1.82) is 0 Å². The van der Waals surface area contributed by atoms with E-state index in [4.69, 9.17) is 4.74 Å². The van der Waals surface area contributed by atoms with Crippen LogP contribution in [0.15, 0.2) is 24.3 Å². The van der Waals surface area contributed by atoms with Gasteiger partial charge in [0.1, 0.15) is 0 Å². The Balaban J connectivity index is 2.79. The standard InChI is InChI=1S/C17H25NO3/c1-5-21-16(19)10-11-18(12-13(2)3)17(20)15-9-7-6-8-14(15)4/h6-9,13H,5,10-12H2,1-4H3. The summed E-state index contributed by atoms with van der Waals surface area (Å²) in [6.07, 6.45) is 0.234. The zero-order chi connectivity index (χ0) is 15.8. The summed E-state index contributed by atoms with van der Waals surface area (Å²) in [6, 6.07) is 7.53. The van der Waals surface area contributed by atoms with Gasteiger partial charge in [-0.15, -0.1) is 0 Å². The van der Waals surface area contributed by atoms with E-state index in [2.05, 4.69) is 13.8 Å². The van der Waals surface area contributed by atoms with Gasteiger partial charge in [0, 0.05) is 18.7 Å². The molecule has 0 fully saturated rings. The van der Waals surface area contributed by atoms with E-state index in [1.54, 1.807) is 11.8 Å². The van der Waals surface area contributed by atoms with Crippen LogP contribution >= 0.6 is 0 Å². The molecule has 21 heavy (non-hydrogen) atoms. The maximum absolute atomic E-state index is 12.6. The van der Waals surface area contributed by atoms with Crippen LogP contribution in [-0.4, -0.2) is 36.5 Å². The van der Waals surface area contributed by atoms with Crippen molar-refractivity contribution in [2.45, 2.75) is 34.1 Å². The van der Waals surface area contributed by atoms with Gasteiger partial charge in [-0.05, 0) is 31.4 Å². The van der Waals surface area contributed by atoms with Crippen LogP contribution in [0.25, 0.3) is 0 Å². The topological polar surface area (TPSA) is 46.6 Å². The fourth-order valence-corrected chi connectivity index (χ4v) is 2.16. The van der Waals surface area contributed by atoms with E-state index in [1.165, 1.54) is 0 Å². The van der Waals surface area contributed by atoms with Crippen LogP contribution in [-0.2, 0) is 9.53 Å². The van der Waals surface area contributed by atoms with Crippen molar-refractivity contribution < 1.29 is 14.3 Å². The zero-order valence-corrected chi connectivity index (χ0v) is 13.4. The smallest absolute Gasteiger partial charge is 0.307 e. The predicted octanol–water partition coefficient (Wildman–Crippen LogP) is 3.05. The average Bonchev–Trinajstić information content (AvgIpc) is 2.43. The number of amides is 1. The highest BCUT2D eigenvalue weighted by atomic mass is 16.5. The fourth-order valence-electron chi connectivity index (χ4n) is 2.16. The molecule has 1 aromatic rings. The number of rotatable bonds is 7. The van der Waals surface area contributed by atoms with Gasteiger partial charge in [-0.25, -0.2) is 0 Å². The molecule has 116 valence electrons. The Hall–Kier alpha value is -1.84. The van der Waals surface area contributed by atoms with Gasteiger partial charge in [0.15, 0.2) is 0 Å². The largest absolute Gasteiger partial charge is 0.466 e. The van der Waals surface area contributed by atoms with E-state index >= 15 is 0 Å². The SMILES string of the molecule is CCOC(=O)CCN(CC(C)C)C(=O)c1ccccc1C. The number of ether oxygens (including phenoxy) is 1. The third kappa shape index (κ3) is 5.58. The Labute approximate surface area is 127 Å². The second kappa shape index (κ2) is 8.45. The molecule has 0 aliphatic heterocycles. The quantitative estimate of drug-likeness (QED) is 0.725. The molecule has 0 unspecified atom stereocenters. The maximum Gasteiger partial charge on any atom is 0.307 e. The molecule has 4 heteroatoms. The second-order valence-corrected chi connectivity index (χ2v) is 5.51. The summed E-state index contributed by atoms with van der Waals surface area (Å²) < 4.78 is 4.93. The van der Waals surface area contributed by atoms with Crippen molar-refractivity contribution in [3.63, 3.8) is 0 Å². The van der Waals surface area contributed by atoms with E-state index < -0.39 is 0 Å². The number of benzene rings is 1. The molecule has 1 aromatic carbocycles. The lowest BCUT2D eigenvalue weighted by Crippen LogP contribution is -2.36. The van der Waals surface area contributed by atoms with Crippen LogP contribution in [0.3, 0.4) is 0 Å². The molecule has 0 radical (unpaired) electrons. The van der Waals surface area contributed by atoms with Crippen molar-refractivity contribution in [3.05, 3.63) is 35.4 Å². The van der Waals surface area contributed by atoms with Gasteiger partial charge in [0.2, 0.25) is 0 Å². The Morgan fingerprint density at radius 1 is 1.24 bits per heavy atom. The van der Waals surface area contributed by atoms with Crippen LogP contribution in [0.2, 0.25) is 0 Å². The first kappa shape index (κ1) is 17.2. The molecule has 0 spiro atoms. The van der Waals surface area contributed by atoms with Gasteiger partial charge < -0.3 is 9.64 Å². The van der Waals surface area contributed by atoms with Crippen LogP contribution in [0, 0.1) is 12.8 Å². The summed E-state index contributed by atoms with van der Waals surface area (Å²) in [6.45, 7) is 9.21. The summed E-state index contributed by atoms with van der Waals surface area (Å²) >= 11 is 0. The third-order valence-electron chi connectivity index (χ3n) is 3.14. The predicted molar refractivity (Wildman–Crippen MR) is 83.2 cm³/mol. The molecule has 0 aliphatic carbocycles. The van der Waals surface area contributed by atoms with Crippen molar-refractivity contribution in [2.24, 2.45) is 5.92 Å². The number of esters is 1. The summed E-state index contributed by atoms with van der Waals surface area (Å²) in [5.41, 5.74) is 1.65. The van der Waals surface area contributed by atoms with Crippen LogP contribution in [0.4, 0.5) is 0 Å². The maximum atomic E-state index is 12.6. The number of carbonyl (C=O) groups excluding carboxylic acids is 2. The fraction of sp³-hybridized carbons (Fsp3) is 0.529. The number of aryl methyl sites for hydroxylation is 1. The minimum atomic E-state index is -0.260. The first-order chi connectivity index (χ1) is 9.95. The number of hydrogen-bond acceptors (Lipinski definition) is 3. The lowest BCUT2D eigenvalue weighted by Gasteiger charge is -2.25. The molecule has 0 heterocycles. The zero-order valence-electron chi connectivity index (χ0n) is 13.4. The van der Waals surface area contributed by atoms with Gasteiger partial charge in [0.05, 0.1) is 13.0 Å². The van der Waals surface area contributed by atoms with E-state index in [-0.39, 0.29) is 18.3 Å². The third-order valence-corrected chi connectivity index (χ3v) is 3.14. The molecule has 0 aliphatic rings. The summed E-state index contributed by atoms with van der Waals surface area (Å²) in [5.74, 6) is 0.0649. The Kier molecular flexibility index (Phi) is 6.92. The lowest BCUT2D eigenvalue weighted by atomic mass is 10.1. The molecule has 1 amide bonds. The van der Waals surface area contributed by atoms with Crippen LogP contribution in [0.5, 0.6) is 0 Å². The Morgan fingerprint density at radius 2 is 1.90 bits per heavy atom. The highest BCUT2D eigenvalue weighted by molar-refractivity contribution is 5.95. The molecule has 0 atom stereocenters. The van der Waals surface area contributed by atoms with E-state index in [1.807, 2.05) is 31.2 Å². The molecule has 0 saturated heterocycles. The monoisotopic (exact) mass is 291 g/mol. The highest BCUT2D eigenvalue weighted by Gasteiger charge is 2.19. The molecular weight excluding hydrogens is 266 g/mol. The number of nitrogens with zero attached hydrogens (tertiary/aromatic N) is 1. The summed E-state index contributed by atoms with van der Waals surface area (Å²) in [4.78, 5) is 25.9. The Bertz CT molecular complexity index is 483. The average molecular weight is 291 g/mol. The first-order valence-corrected chi connectivity index (χ1v) is 7.46. The minimum Gasteiger partial charge on any atom is -0.466 e. The van der Waals surface area contributed by atoms with Gasteiger partial charge in [-0.3, -0.25) is 9.59 Å². The van der Waals surface area contributed by atoms with Crippen molar-refractivity contribution in [1.82, 2.24) is 4.90 Å². The number of carbonyl (C=O) groups is 2. The van der Waals surface area contributed by atoms with Crippen LogP contribution < -0.4 is 0 Å². The van der Waals surface area contributed by atoms with E-state index in [0.29, 0.717) is 31.2 Å². The molecule has 0 N–H and O–H groups in total. The molecule has 1 rings (SSSR count). The van der Waals surface area contributed by atoms with E-state index in [0.717, 1.165) is 5.56 Å². The second-order valence-electron chi connectivity index (χ2n) is 5.51. The molecule has 4 nitrogen and oxygen atoms in total. The highest BCUT2D eigenvalue weighted by Crippen LogP contribution is 2.13. The van der Waals surface area contributed by atoms with Gasteiger partial charge in [-0.2, -0.15) is 0 Å². The van der Waals surface area contributed by atoms with Crippen LogP contribution in [0.1, 0.15) is 43.1 Å². The minimum absolute atomic E-state index is 0.0221. The molecule has 0 saturated carbocycles. The Morgan fingerprint density at radius 3 is 2.48 bits per heavy atom. The summed E-state index contributed by atoms with van der Waals surface area (Å²) in [7, 11) is 0. The van der Waals surface area contributed by atoms with Crippen molar-refractivity contribution >= 4 is 11.9 Å². The molecule has 0 bridgehead atoms. The first-order valence-electron chi connectivity index (χ1n) is 7.46. The summed E-state index contributed by atoms with van der Waals surface area (Å²) in [5, 5.41) is 0. The van der Waals surface area contributed by atoms with Gasteiger partial charge in [0.25, 0.3) is 5.91 Å². The molecule has 0 aromatic heterocycles.